The van der Waals surface area contributed by atoms with Crippen molar-refractivity contribution in [2.24, 2.45) is 47.2 Å². The lowest BCUT2D eigenvalue weighted by Gasteiger charge is -2.28. The number of carbonyl (C=O) groups is 3. The van der Waals surface area contributed by atoms with Crippen molar-refractivity contribution in [3.63, 3.8) is 0 Å². The van der Waals surface area contributed by atoms with Crippen LogP contribution >= 0.6 is 12.4 Å². The molecule has 0 unspecified atom stereocenters. The second kappa shape index (κ2) is 6.37. The van der Waals surface area contributed by atoms with Crippen LogP contribution in [0.5, 0.6) is 0 Å². The van der Waals surface area contributed by atoms with Crippen molar-refractivity contribution in [1.82, 2.24) is 16.0 Å². The van der Waals surface area contributed by atoms with Gasteiger partial charge in [0.15, 0.2) is 0 Å². The standard InChI is InChI=1S/C18H26N4O3.ClH/c19-16(23)13(3-7-1-2-20-17(7)24)22-18(25)15-14-11-5-10(8-4-9(8)11)12(14)6-21-15;/h7-15,21H,1-6H2,(H2,19,23)(H,20,24)(H,22,25);1H/t7-,8-,9+,10-,11+,12+,13-,14-,15-;/m0./s1. The van der Waals surface area contributed by atoms with Crippen LogP contribution in [0.2, 0.25) is 0 Å². The molecular formula is C18H27ClN4O3. The summed E-state index contributed by atoms with van der Waals surface area (Å²) in [7, 11) is 0. The van der Waals surface area contributed by atoms with E-state index in [-0.39, 0.29) is 36.2 Å². The molecule has 2 heterocycles. The van der Waals surface area contributed by atoms with Crippen LogP contribution in [-0.4, -0.2) is 42.9 Å². The van der Waals surface area contributed by atoms with Crippen LogP contribution in [0.25, 0.3) is 0 Å². The Labute approximate surface area is 159 Å². The Morgan fingerprint density at radius 1 is 1.15 bits per heavy atom. The predicted molar refractivity (Wildman–Crippen MR) is 96.1 cm³/mol. The molecule has 7 nitrogen and oxygen atoms in total. The third kappa shape index (κ3) is 2.62. The van der Waals surface area contributed by atoms with E-state index < -0.39 is 11.9 Å². The van der Waals surface area contributed by atoms with E-state index in [4.69, 9.17) is 5.73 Å². The molecule has 9 atom stereocenters. The van der Waals surface area contributed by atoms with Crippen LogP contribution in [0.15, 0.2) is 0 Å². The van der Waals surface area contributed by atoms with Crippen molar-refractivity contribution in [2.45, 2.75) is 37.8 Å². The van der Waals surface area contributed by atoms with E-state index in [0.717, 1.165) is 24.3 Å². The summed E-state index contributed by atoms with van der Waals surface area (Å²) in [5.41, 5.74) is 5.50. The number of nitrogens with two attached hydrogens (primary N) is 1. The van der Waals surface area contributed by atoms with E-state index >= 15 is 0 Å². The average Bonchev–Trinajstić information content (AvgIpc) is 2.93. The van der Waals surface area contributed by atoms with Gasteiger partial charge in [0.25, 0.3) is 0 Å². The summed E-state index contributed by atoms with van der Waals surface area (Å²) in [6, 6.07) is -0.977. The van der Waals surface area contributed by atoms with E-state index in [1.807, 2.05) is 0 Å². The van der Waals surface area contributed by atoms with E-state index in [9.17, 15) is 14.4 Å². The predicted octanol–water partition coefficient (Wildman–Crippen LogP) is -0.605. The summed E-state index contributed by atoms with van der Waals surface area (Å²) < 4.78 is 0. The number of hydrogen-bond donors (Lipinski definition) is 4. The van der Waals surface area contributed by atoms with Crippen LogP contribution in [0.1, 0.15) is 25.7 Å². The minimum Gasteiger partial charge on any atom is -0.368 e. The molecule has 144 valence electrons. The zero-order valence-corrected chi connectivity index (χ0v) is 15.5. The smallest absolute Gasteiger partial charge is 0.240 e. The lowest BCUT2D eigenvalue weighted by molar-refractivity contribution is -0.130. The zero-order valence-electron chi connectivity index (χ0n) is 14.6. The largest absolute Gasteiger partial charge is 0.368 e. The molecule has 5 aliphatic rings. The molecule has 5 fully saturated rings. The summed E-state index contributed by atoms with van der Waals surface area (Å²) in [5.74, 6) is 3.33. The van der Waals surface area contributed by atoms with Crippen molar-refractivity contribution in [3.05, 3.63) is 0 Å². The van der Waals surface area contributed by atoms with E-state index in [1.54, 1.807) is 0 Å². The fraction of sp³-hybridized carbons (Fsp3) is 0.833. The van der Waals surface area contributed by atoms with Crippen LogP contribution < -0.4 is 21.7 Å². The molecule has 0 aromatic carbocycles. The number of rotatable bonds is 5. The Kier molecular flexibility index (Phi) is 4.42. The van der Waals surface area contributed by atoms with Crippen LogP contribution in [-0.2, 0) is 14.4 Å². The van der Waals surface area contributed by atoms with E-state index in [2.05, 4.69) is 16.0 Å². The summed E-state index contributed by atoms with van der Waals surface area (Å²) in [6.45, 7) is 1.54. The van der Waals surface area contributed by atoms with Gasteiger partial charge in [-0.25, -0.2) is 0 Å². The minimum atomic E-state index is -0.769. The van der Waals surface area contributed by atoms with Crippen LogP contribution in [0.4, 0.5) is 0 Å². The Balaban J connectivity index is 0.00000168. The summed E-state index contributed by atoms with van der Waals surface area (Å²) in [6.07, 6.45) is 3.64. The Morgan fingerprint density at radius 3 is 2.54 bits per heavy atom. The third-order valence-corrected chi connectivity index (χ3v) is 7.66. The highest BCUT2D eigenvalue weighted by Crippen LogP contribution is 2.70. The van der Waals surface area contributed by atoms with Gasteiger partial charge in [0.2, 0.25) is 17.7 Å². The van der Waals surface area contributed by atoms with Crippen LogP contribution in [0, 0.1) is 41.4 Å². The number of hydrogen-bond acceptors (Lipinski definition) is 4. The molecule has 3 amide bonds. The van der Waals surface area contributed by atoms with Crippen molar-refractivity contribution < 1.29 is 14.4 Å². The number of nitrogens with one attached hydrogen (secondary N) is 3. The molecule has 5 rings (SSSR count). The number of fused-ring (bicyclic) bond motifs is 8. The molecule has 2 bridgehead atoms. The first kappa shape index (κ1) is 18.0. The first-order chi connectivity index (χ1) is 12.0. The number of carbonyl (C=O) groups excluding carboxylic acids is 3. The van der Waals surface area contributed by atoms with Crippen LogP contribution in [0.3, 0.4) is 0 Å². The summed E-state index contributed by atoms with van der Waals surface area (Å²) >= 11 is 0. The van der Waals surface area contributed by atoms with Gasteiger partial charge >= 0.3 is 0 Å². The molecule has 3 aliphatic carbocycles. The fourth-order valence-electron chi connectivity index (χ4n) is 6.53. The number of halogens is 1. The number of primary amides is 1. The van der Waals surface area contributed by atoms with Gasteiger partial charge in [0.05, 0.1) is 6.04 Å². The van der Waals surface area contributed by atoms with E-state index in [0.29, 0.717) is 37.1 Å². The maximum atomic E-state index is 12.9. The van der Waals surface area contributed by atoms with Gasteiger partial charge in [0, 0.05) is 12.5 Å². The topological polar surface area (TPSA) is 113 Å². The van der Waals surface area contributed by atoms with Gasteiger partial charge in [-0.15, -0.1) is 12.4 Å². The molecule has 0 spiro atoms. The minimum absolute atomic E-state index is 0. The van der Waals surface area contributed by atoms with Gasteiger partial charge in [-0.05, 0) is 67.7 Å². The van der Waals surface area contributed by atoms with Crippen molar-refractivity contribution in [1.29, 1.82) is 0 Å². The molecule has 0 radical (unpaired) electrons. The Bertz CT molecular complexity index is 642. The monoisotopic (exact) mass is 382 g/mol. The lowest BCUT2D eigenvalue weighted by atomic mass is 9.78. The molecule has 2 saturated heterocycles. The van der Waals surface area contributed by atoms with Gasteiger partial charge in [-0.1, -0.05) is 0 Å². The number of amides is 3. The van der Waals surface area contributed by atoms with Crippen molar-refractivity contribution in [2.75, 3.05) is 13.1 Å². The summed E-state index contributed by atoms with van der Waals surface area (Å²) in [4.78, 5) is 36.4. The third-order valence-electron chi connectivity index (χ3n) is 7.66. The molecule has 0 aromatic heterocycles. The van der Waals surface area contributed by atoms with Gasteiger partial charge in [-0.2, -0.15) is 0 Å². The quantitative estimate of drug-likeness (QED) is 0.508. The molecule has 0 aromatic rings. The fourth-order valence-corrected chi connectivity index (χ4v) is 6.53. The molecule has 2 aliphatic heterocycles. The average molecular weight is 383 g/mol. The normalized spacial score (nSPS) is 45.3. The van der Waals surface area contributed by atoms with Gasteiger partial charge in [-0.3, -0.25) is 14.4 Å². The molecule has 8 heteroatoms. The highest BCUT2D eigenvalue weighted by atomic mass is 35.5. The van der Waals surface area contributed by atoms with Crippen molar-refractivity contribution in [3.8, 4) is 0 Å². The molecule has 3 saturated carbocycles. The highest BCUT2D eigenvalue weighted by molar-refractivity contribution is 5.90. The van der Waals surface area contributed by atoms with Gasteiger partial charge < -0.3 is 21.7 Å². The zero-order chi connectivity index (χ0) is 17.3. The maximum Gasteiger partial charge on any atom is 0.240 e. The van der Waals surface area contributed by atoms with E-state index in [1.165, 1.54) is 12.8 Å². The molecule has 26 heavy (non-hydrogen) atoms. The Morgan fingerprint density at radius 2 is 1.85 bits per heavy atom. The SMILES string of the molecule is Cl.NC(=O)[C@H](C[C@@H]1CCNC1=O)NC(=O)[C@H]1NC[C@@H]2[C@H]3C[C@H]([C@@H]4C[C@@H]43)[C@@H]21. The maximum absolute atomic E-state index is 12.9. The molecule has 5 N–H and O–H groups in total. The first-order valence-corrected chi connectivity index (χ1v) is 9.65. The summed E-state index contributed by atoms with van der Waals surface area (Å²) in [5, 5.41) is 9.02. The molecular weight excluding hydrogens is 356 g/mol. The second-order valence-corrected chi connectivity index (χ2v) is 8.73. The van der Waals surface area contributed by atoms with Gasteiger partial charge in [0.1, 0.15) is 6.04 Å². The highest BCUT2D eigenvalue weighted by Gasteiger charge is 2.68. The Hall–Kier alpha value is -1.34. The second-order valence-electron chi connectivity index (χ2n) is 8.73. The first-order valence-electron chi connectivity index (χ1n) is 9.65. The lowest BCUT2D eigenvalue weighted by Crippen LogP contribution is -2.53. The van der Waals surface area contributed by atoms with Crippen molar-refractivity contribution >= 4 is 30.1 Å².